The molecule has 1 aromatic heterocycles. The molecule has 1 saturated carbocycles. The molecule has 28 heavy (non-hydrogen) atoms. The van der Waals surface area contributed by atoms with Crippen LogP contribution >= 0.6 is 0 Å². The molecule has 7 nitrogen and oxygen atoms in total. The average molecular weight is 389 g/mol. The van der Waals surface area contributed by atoms with Gasteiger partial charge >= 0.3 is 0 Å². The topological polar surface area (TPSA) is 68.6 Å². The summed E-state index contributed by atoms with van der Waals surface area (Å²) in [6, 6.07) is 0.266. The average Bonchev–Trinajstić information content (AvgIpc) is 2.67. The number of anilines is 1. The molecule has 0 aromatic carbocycles. The first-order chi connectivity index (χ1) is 13.4. The third kappa shape index (κ3) is 3.59. The smallest absolute Gasteiger partial charge is 0.293 e. The summed E-state index contributed by atoms with van der Waals surface area (Å²) < 4.78 is 7.14. The summed E-state index contributed by atoms with van der Waals surface area (Å²) >= 11 is 0. The number of hydrogen-bond donors (Lipinski definition) is 1. The van der Waals surface area contributed by atoms with Crippen molar-refractivity contribution in [3.63, 3.8) is 0 Å². The molecule has 154 valence electrons. The molecule has 1 aromatic rings. The summed E-state index contributed by atoms with van der Waals surface area (Å²) in [5.74, 6) is 2.00. The van der Waals surface area contributed by atoms with Gasteiger partial charge < -0.3 is 19.8 Å². The molecule has 0 amide bonds. The van der Waals surface area contributed by atoms with Crippen LogP contribution in [0.15, 0.2) is 16.8 Å². The molecule has 2 aliphatic heterocycles. The highest BCUT2D eigenvalue weighted by atomic mass is 16.7. The van der Waals surface area contributed by atoms with Gasteiger partial charge in [0.25, 0.3) is 5.56 Å². The van der Waals surface area contributed by atoms with Crippen LogP contribution < -0.4 is 15.7 Å². The minimum Gasteiger partial charge on any atom is -0.469 e. The quantitative estimate of drug-likeness (QED) is 0.836. The van der Waals surface area contributed by atoms with Crippen LogP contribution in [0.25, 0.3) is 0 Å². The van der Waals surface area contributed by atoms with Gasteiger partial charge in [-0.15, -0.1) is 4.73 Å². The third-order valence-corrected chi connectivity index (χ3v) is 6.24. The third-order valence-electron chi connectivity index (χ3n) is 6.24. The molecule has 4 rings (SSSR count). The van der Waals surface area contributed by atoms with Gasteiger partial charge in [0.15, 0.2) is 5.88 Å². The van der Waals surface area contributed by atoms with Crippen LogP contribution in [0, 0.1) is 5.92 Å². The SMILES string of the molecule is COn1c(NC(C)C2CCCCC2)nc2c(c1=O)CN(C1=CC(C)(C)O1)CC2. The second kappa shape index (κ2) is 7.33. The molecule has 0 saturated heterocycles. The van der Waals surface area contributed by atoms with E-state index in [1.165, 1.54) is 43.9 Å². The number of ether oxygens (including phenoxy) is 1. The Balaban J connectivity index is 1.56. The van der Waals surface area contributed by atoms with Crippen molar-refractivity contribution in [2.24, 2.45) is 5.92 Å². The summed E-state index contributed by atoms with van der Waals surface area (Å²) in [6.45, 7) is 7.55. The fraction of sp³-hybridized carbons (Fsp3) is 0.714. The van der Waals surface area contributed by atoms with Gasteiger partial charge in [-0.3, -0.25) is 4.79 Å². The predicted octanol–water partition coefficient (Wildman–Crippen LogP) is 2.69. The zero-order chi connectivity index (χ0) is 19.9. The van der Waals surface area contributed by atoms with Crippen LogP contribution in [0.4, 0.5) is 5.95 Å². The van der Waals surface area contributed by atoms with Crippen molar-refractivity contribution in [1.29, 1.82) is 0 Å². The van der Waals surface area contributed by atoms with E-state index in [1.54, 1.807) is 0 Å². The number of fused-ring (bicyclic) bond motifs is 1. The highest BCUT2D eigenvalue weighted by Gasteiger charge is 2.35. The molecule has 1 N–H and O–H groups in total. The molecule has 1 fully saturated rings. The summed E-state index contributed by atoms with van der Waals surface area (Å²) in [4.78, 5) is 25.4. The Bertz CT molecular complexity index is 824. The fourth-order valence-electron chi connectivity index (χ4n) is 4.59. The second-order valence-electron chi connectivity index (χ2n) is 8.83. The largest absolute Gasteiger partial charge is 0.469 e. The predicted molar refractivity (Wildman–Crippen MR) is 108 cm³/mol. The van der Waals surface area contributed by atoms with Crippen molar-refractivity contribution < 1.29 is 9.57 Å². The maximum atomic E-state index is 13.1. The van der Waals surface area contributed by atoms with E-state index in [-0.39, 0.29) is 17.2 Å². The highest BCUT2D eigenvalue weighted by molar-refractivity contribution is 5.34. The Morgan fingerprint density at radius 2 is 2.04 bits per heavy atom. The van der Waals surface area contributed by atoms with Crippen LogP contribution in [0.5, 0.6) is 0 Å². The van der Waals surface area contributed by atoms with Crippen molar-refractivity contribution in [2.75, 3.05) is 19.0 Å². The van der Waals surface area contributed by atoms with Gasteiger partial charge in [0.1, 0.15) is 12.7 Å². The van der Waals surface area contributed by atoms with Gasteiger partial charge in [0.05, 0.1) is 17.8 Å². The summed E-state index contributed by atoms with van der Waals surface area (Å²) in [6.07, 6.45) is 9.20. The van der Waals surface area contributed by atoms with E-state index in [1.807, 2.05) is 13.8 Å². The second-order valence-corrected chi connectivity index (χ2v) is 8.83. The lowest BCUT2D eigenvalue weighted by atomic mass is 9.85. The number of rotatable bonds is 5. The minimum atomic E-state index is -0.219. The zero-order valence-electron chi connectivity index (χ0n) is 17.5. The maximum absolute atomic E-state index is 13.1. The van der Waals surface area contributed by atoms with Crippen LogP contribution in [0.2, 0.25) is 0 Å². The van der Waals surface area contributed by atoms with Gasteiger partial charge in [0, 0.05) is 25.1 Å². The van der Waals surface area contributed by atoms with Crippen LogP contribution in [-0.2, 0) is 17.7 Å². The van der Waals surface area contributed by atoms with E-state index in [0.29, 0.717) is 24.0 Å². The Labute approximate surface area is 166 Å². The molecule has 1 aliphatic carbocycles. The first kappa shape index (κ1) is 19.2. The Hall–Kier alpha value is -2.18. The molecule has 0 bridgehead atoms. The van der Waals surface area contributed by atoms with E-state index in [2.05, 4.69) is 23.2 Å². The molecule has 1 atom stereocenters. The van der Waals surface area contributed by atoms with Gasteiger partial charge in [-0.2, -0.15) is 0 Å². The van der Waals surface area contributed by atoms with Gasteiger partial charge in [-0.1, -0.05) is 19.3 Å². The highest BCUT2D eigenvalue weighted by Crippen LogP contribution is 2.33. The van der Waals surface area contributed by atoms with Crippen molar-refractivity contribution in [3.8, 4) is 0 Å². The first-order valence-corrected chi connectivity index (χ1v) is 10.5. The number of nitrogens with zero attached hydrogens (tertiary/aromatic N) is 3. The molecule has 7 heteroatoms. The van der Waals surface area contributed by atoms with Gasteiger partial charge in [-0.05, 0) is 39.5 Å². The van der Waals surface area contributed by atoms with E-state index in [0.717, 1.165) is 24.5 Å². The van der Waals surface area contributed by atoms with E-state index < -0.39 is 0 Å². The summed E-state index contributed by atoms with van der Waals surface area (Å²) in [5, 5.41) is 3.47. The minimum absolute atomic E-state index is 0.130. The zero-order valence-corrected chi connectivity index (χ0v) is 17.5. The number of aromatic nitrogens is 2. The Kier molecular flexibility index (Phi) is 5.02. The van der Waals surface area contributed by atoms with Crippen molar-refractivity contribution >= 4 is 5.95 Å². The lowest BCUT2D eigenvalue weighted by molar-refractivity contribution is -0.0335. The first-order valence-electron chi connectivity index (χ1n) is 10.5. The van der Waals surface area contributed by atoms with Crippen molar-refractivity contribution in [1.82, 2.24) is 14.6 Å². The molecule has 0 spiro atoms. The number of hydrogen-bond acceptors (Lipinski definition) is 6. The monoisotopic (exact) mass is 388 g/mol. The van der Waals surface area contributed by atoms with E-state index in [9.17, 15) is 4.79 Å². The van der Waals surface area contributed by atoms with Crippen LogP contribution in [0.3, 0.4) is 0 Å². The molecular formula is C21H32N4O3. The van der Waals surface area contributed by atoms with Crippen LogP contribution in [0.1, 0.15) is 64.1 Å². The van der Waals surface area contributed by atoms with Crippen molar-refractivity contribution in [2.45, 2.75) is 77.5 Å². The summed E-state index contributed by atoms with van der Waals surface area (Å²) in [5.41, 5.74) is 1.21. The van der Waals surface area contributed by atoms with Gasteiger partial charge in [-0.25, -0.2) is 4.98 Å². The Morgan fingerprint density at radius 1 is 1.32 bits per heavy atom. The lowest BCUT2D eigenvalue weighted by Crippen LogP contribution is -2.45. The van der Waals surface area contributed by atoms with Crippen molar-refractivity contribution in [3.05, 3.63) is 33.6 Å². The van der Waals surface area contributed by atoms with E-state index in [4.69, 9.17) is 14.6 Å². The molecule has 0 radical (unpaired) electrons. The molecule has 1 unspecified atom stereocenters. The maximum Gasteiger partial charge on any atom is 0.293 e. The molecule has 3 aliphatic rings. The van der Waals surface area contributed by atoms with Crippen LogP contribution in [-0.4, -0.2) is 39.9 Å². The van der Waals surface area contributed by atoms with E-state index >= 15 is 0 Å². The molecular weight excluding hydrogens is 356 g/mol. The summed E-state index contributed by atoms with van der Waals surface area (Å²) in [7, 11) is 1.52. The molecule has 3 heterocycles. The lowest BCUT2D eigenvalue weighted by Gasteiger charge is -2.41. The standard InChI is InChI=1S/C21H32N4O3/c1-14(15-8-6-5-7-9-15)22-20-23-17-10-11-24(18-12-21(2,3)28-18)13-16(17)19(26)25(20)27-4/h12,14-15H,5-11,13H2,1-4H3,(H,22,23). The normalized spacial score (nSPS) is 22.4. The van der Waals surface area contributed by atoms with Gasteiger partial charge in [0.2, 0.25) is 5.95 Å². The number of nitrogens with one attached hydrogen (secondary N) is 1. The Morgan fingerprint density at radius 3 is 2.68 bits per heavy atom. The fourth-order valence-corrected chi connectivity index (χ4v) is 4.59.